The Bertz CT molecular complexity index is 833. The van der Waals surface area contributed by atoms with Gasteiger partial charge in [0, 0.05) is 18.4 Å². The smallest absolute Gasteiger partial charge is 0.263 e. The van der Waals surface area contributed by atoms with Crippen LogP contribution in [0.25, 0.3) is 0 Å². The number of nitriles is 1. The van der Waals surface area contributed by atoms with Crippen LogP contribution in [-0.4, -0.2) is 19.6 Å². The van der Waals surface area contributed by atoms with E-state index in [1.807, 2.05) is 62.4 Å². The van der Waals surface area contributed by atoms with E-state index < -0.39 is 0 Å². The van der Waals surface area contributed by atoms with Gasteiger partial charge in [0.15, 0.2) is 0 Å². The second-order valence-corrected chi connectivity index (χ2v) is 5.92. The van der Waals surface area contributed by atoms with Crippen molar-refractivity contribution in [2.45, 2.75) is 20.3 Å². The lowest BCUT2D eigenvalue weighted by molar-refractivity contribution is -0.117. The van der Waals surface area contributed by atoms with Crippen molar-refractivity contribution in [2.24, 2.45) is 0 Å². The molecule has 134 valence electrons. The number of benzene rings is 2. The summed E-state index contributed by atoms with van der Waals surface area (Å²) in [6, 6.07) is 15.5. The largest absolute Gasteiger partial charge is 0.497 e. The average molecular weight is 349 g/mol. The predicted octanol–water partition coefficient (Wildman–Crippen LogP) is 3.49. The molecule has 0 atom stereocenters. The minimum Gasteiger partial charge on any atom is -0.497 e. The molecule has 0 aliphatic carbocycles. The number of carbonyl (C=O) groups excluding carboxylic acids is 1. The lowest BCUT2D eigenvalue weighted by Crippen LogP contribution is -2.27. The Balaban J connectivity index is 1.91. The van der Waals surface area contributed by atoms with Crippen LogP contribution in [0.2, 0.25) is 0 Å². The maximum absolute atomic E-state index is 12.2. The SMILES string of the molecule is COc1ccc(CCNC(=O)/C(C#N)=C\Nc2cccc(C)c2C)cc1. The van der Waals surface area contributed by atoms with E-state index >= 15 is 0 Å². The number of rotatable bonds is 7. The van der Waals surface area contributed by atoms with Gasteiger partial charge in [-0.3, -0.25) is 4.79 Å². The van der Waals surface area contributed by atoms with Gasteiger partial charge in [-0.15, -0.1) is 0 Å². The average Bonchev–Trinajstić information content (AvgIpc) is 2.66. The number of hydrogen-bond donors (Lipinski definition) is 2. The zero-order valence-corrected chi connectivity index (χ0v) is 15.3. The van der Waals surface area contributed by atoms with Gasteiger partial charge in [0.2, 0.25) is 0 Å². The van der Waals surface area contributed by atoms with Gasteiger partial charge >= 0.3 is 0 Å². The van der Waals surface area contributed by atoms with Crippen LogP contribution in [0.15, 0.2) is 54.2 Å². The van der Waals surface area contributed by atoms with E-state index in [2.05, 4.69) is 10.6 Å². The Morgan fingerprint density at radius 2 is 1.92 bits per heavy atom. The predicted molar refractivity (Wildman–Crippen MR) is 103 cm³/mol. The number of aryl methyl sites for hydroxylation is 1. The molecular weight excluding hydrogens is 326 g/mol. The van der Waals surface area contributed by atoms with Crippen molar-refractivity contribution in [1.82, 2.24) is 5.32 Å². The molecule has 2 aromatic rings. The first kappa shape index (κ1) is 19.1. The minimum absolute atomic E-state index is 0.0423. The Labute approximate surface area is 154 Å². The molecule has 26 heavy (non-hydrogen) atoms. The van der Waals surface area contributed by atoms with Crippen LogP contribution in [0.4, 0.5) is 5.69 Å². The summed E-state index contributed by atoms with van der Waals surface area (Å²) < 4.78 is 5.12. The maximum atomic E-state index is 12.2. The molecule has 0 aliphatic heterocycles. The molecule has 1 amide bonds. The number of carbonyl (C=O) groups is 1. The van der Waals surface area contributed by atoms with E-state index in [0.29, 0.717) is 13.0 Å². The maximum Gasteiger partial charge on any atom is 0.263 e. The number of methoxy groups -OCH3 is 1. The molecule has 0 heterocycles. The Morgan fingerprint density at radius 3 is 2.58 bits per heavy atom. The van der Waals surface area contributed by atoms with E-state index in [1.54, 1.807) is 7.11 Å². The minimum atomic E-state index is -0.390. The summed E-state index contributed by atoms with van der Waals surface area (Å²) in [6.45, 7) is 4.46. The number of nitrogens with zero attached hydrogens (tertiary/aromatic N) is 1. The van der Waals surface area contributed by atoms with Crippen LogP contribution >= 0.6 is 0 Å². The molecule has 0 bridgehead atoms. The summed E-state index contributed by atoms with van der Waals surface area (Å²) in [5.74, 6) is 0.406. The van der Waals surface area contributed by atoms with Gasteiger partial charge in [0.25, 0.3) is 5.91 Å². The first-order valence-electron chi connectivity index (χ1n) is 8.39. The monoisotopic (exact) mass is 349 g/mol. The third-order valence-corrected chi connectivity index (χ3v) is 4.20. The standard InChI is InChI=1S/C21H23N3O2/c1-15-5-4-6-20(16(15)2)24-14-18(13-22)21(25)23-12-11-17-7-9-19(26-3)10-8-17/h4-10,14,24H,11-12H2,1-3H3,(H,23,25)/b18-14-. The fourth-order valence-corrected chi connectivity index (χ4v) is 2.41. The van der Waals surface area contributed by atoms with Crippen LogP contribution in [0.1, 0.15) is 16.7 Å². The first-order chi connectivity index (χ1) is 12.5. The molecule has 2 rings (SSSR count). The van der Waals surface area contributed by atoms with Crippen molar-refractivity contribution in [3.05, 3.63) is 70.9 Å². The van der Waals surface area contributed by atoms with Gasteiger partial charge < -0.3 is 15.4 Å². The third-order valence-electron chi connectivity index (χ3n) is 4.20. The van der Waals surface area contributed by atoms with E-state index in [1.165, 1.54) is 6.20 Å². The zero-order valence-electron chi connectivity index (χ0n) is 15.3. The van der Waals surface area contributed by atoms with Crippen LogP contribution < -0.4 is 15.4 Å². The molecule has 0 fully saturated rings. The van der Waals surface area contributed by atoms with Crippen LogP contribution in [0.3, 0.4) is 0 Å². The van der Waals surface area contributed by atoms with E-state index in [4.69, 9.17) is 4.74 Å². The normalized spacial score (nSPS) is 10.8. The van der Waals surface area contributed by atoms with Gasteiger partial charge in [0.1, 0.15) is 17.4 Å². The highest BCUT2D eigenvalue weighted by Crippen LogP contribution is 2.18. The lowest BCUT2D eigenvalue weighted by Gasteiger charge is -2.09. The van der Waals surface area contributed by atoms with Crippen LogP contribution in [0, 0.1) is 25.2 Å². The molecule has 2 N–H and O–H groups in total. The van der Waals surface area contributed by atoms with E-state index in [-0.39, 0.29) is 11.5 Å². The second kappa shape index (κ2) is 9.28. The molecule has 5 nitrogen and oxygen atoms in total. The van der Waals surface area contributed by atoms with Crippen molar-refractivity contribution in [2.75, 3.05) is 19.0 Å². The van der Waals surface area contributed by atoms with Crippen molar-refractivity contribution in [3.8, 4) is 11.8 Å². The van der Waals surface area contributed by atoms with Crippen LogP contribution in [0.5, 0.6) is 5.75 Å². The van der Waals surface area contributed by atoms with Crippen molar-refractivity contribution >= 4 is 11.6 Å². The molecule has 2 aromatic carbocycles. The van der Waals surface area contributed by atoms with Crippen molar-refractivity contribution in [3.63, 3.8) is 0 Å². The van der Waals surface area contributed by atoms with E-state index in [0.717, 1.165) is 28.1 Å². The number of anilines is 1. The van der Waals surface area contributed by atoms with Crippen LogP contribution in [-0.2, 0) is 11.2 Å². The molecule has 0 aliphatic rings. The van der Waals surface area contributed by atoms with Gasteiger partial charge in [0.05, 0.1) is 7.11 Å². The molecular formula is C21H23N3O2. The molecule has 0 spiro atoms. The quantitative estimate of drug-likeness (QED) is 0.593. The highest BCUT2D eigenvalue weighted by atomic mass is 16.5. The Hall–Kier alpha value is -3.26. The number of hydrogen-bond acceptors (Lipinski definition) is 4. The summed E-state index contributed by atoms with van der Waals surface area (Å²) in [4.78, 5) is 12.2. The van der Waals surface area contributed by atoms with Crippen molar-refractivity contribution in [1.29, 1.82) is 5.26 Å². The molecule has 0 saturated heterocycles. The van der Waals surface area contributed by atoms with Gasteiger partial charge in [-0.2, -0.15) is 5.26 Å². The molecule has 0 radical (unpaired) electrons. The van der Waals surface area contributed by atoms with Crippen molar-refractivity contribution < 1.29 is 9.53 Å². The third kappa shape index (κ3) is 5.12. The Morgan fingerprint density at radius 1 is 1.19 bits per heavy atom. The zero-order chi connectivity index (χ0) is 18.9. The number of nitrogens with one attached hydrogen (secondary N) is 2. The van der Waals surface area contributed by atoms with Gasteiger partial charge in [-0.25, -0.2) is 0 Å². The summed E-state index contributed by atoms with van der Waals surface area (Å²) in [5, 5.41) is 15.1. The first-order valence-corrected chi connectivity index (χ1v) is 8.39. The summed E-state index contributed by atoms with van der Waals surface area (Å²) in [7, 11) is 1.62. The van der Waals surface area contributed by atoms with E-state index in [9.17, 15) is 10.1 Å². The summed E-state index contributed by atoms with van der Waals surface area (Å²) in [6.07, 6.45) is 2.13. The summed E-state index contributed by atoms with van der Waals surface area (Å²) >= 11 is 0. The van der Waals surface area contributed by atoms with Gasteiger partial charge in [-0.05, 0) is 55.2 Å². The fraction of sp³-hybridized carbons (Fsp3) is 0.238. The Kier molecular flexibility index (Phi) is 6.81. The molecule has 0 aromatic heterocycles. The second-order valence-electron chi connectivity index (χ2n) is 5.92. The highest BCUT2D eigenvalue weighted by Gasteiger charge is 2.08. The number of amides is 1. The fourth-order valence-electron chi connectivity index (χ4n) is 2.41. The lowest BCUT2D eigenvalue weighted by atomic mass is 10.1. The molecule has 5 heteroatoms. The number of ether oxygens (including phenoxy) is 1. The highest BCUT2D eigenvalue weighted by molar-refractivity contribution is 5.97. The molecule has 0 saturated carbocycles. The topological polar surface area (TPSA) is 74.1 Å². The van der Waals surface area contributed by atoms with Gasteiger partial charge in [-0.1, -0.05) is 24.3 Å². The summed E-state index contributed by atoms with van der Waals surface area (Å²) in [5.41, 5.74) is 4.23. The molecule has 0 unspecified atom stereocenters.